The average molecular weight is 314 g/mol. The summed E-state index contributed by atoms with van der Waals surface area (Å²) in [5.41, 5.74) is 0.748. The van der Waals surface area contributed by atoms with E-state index in [-0.39, 0.29) is 18.0 Å². The van der Waals surface area contributed by atoms with Gasteiger partial charge in [0.25, 0.3) is 0 Å². The zero-order chi connectivity index (χ0) is 14.6. The number of thiophene rings is 1. The van der Waals surface area contributed by atoms with Crippen molar-refractivity contribution in [3.05, 3.63) is 40.2 Å². The number of ether oxygens (including phenoxy) is 1. The van der Waals surface area contributed by atoms with E-state index in [0.717, 1.165) is 5.56 Å². The summed E-state index contributed by atoms with van der Waals surface area (Å²) < 4.78 is 31.6. The number of hydrogen-bond acceptors (Lipinski definition) is 6. The van der Waals surface area contributed by atoms with E-state index < -0.39 is 10.0 Å². The highest BCUT2D eigenvalue weighted by Gasteiger charge is 2.15. The Balaban J connectivity index is 2.08. The molecule has 2 N–H and O–H groups in total. The third-order valence-electron chi connectivity index (χ3n) is 2.57. The van der Waals surface area contributed by atoms with E-state index in [9.17, 15) is 8.42 Å². The Labute approximate surface area is 121 Å². The van der Waals surface area contributed by atoms with Crippen LogP contribution in [0.4, 0.5) is 0 Å². The van der Waals surface area contributed by atoms with Crippen LogP contribution in [0.1, 0.15) is 10.4 Å². The van der Waals surface area contributed by atoms with Crippen molar-refractivity contribution in [2.45, 2.75) is 18.0 Å². The number of aromatic nitrogens is 1. The first-order valence-corrected chi connectivity index (χ1v) is 8.08. The largest absolute Gasteiger partial charge is 0.481 e. The van der Waals surface area contributed by atoms with Gasteiger partial charge in [-0.15, -0.1) is 11.3 Å². The summed E-state index contributed by atoms with van der Waals surface area (Å²) in [5.74, 6) is 0.430. The molecule has 0 saturated carbocycles. The molecule has 2 heterocycles. The highest BCUT2D eigenvalue weighted by molar-refractivity contribution is 7.89. The Kier molecular flexibility index (Phi) is 4.71. The molecule has 0 spiro atoms. The molecule has 0 saturated heterocycles. The number of nitrogens with zero attached hydrogens (tertiary/aromatic N) is 1. The van der Waals surface area contributed by atoms with Gasteiger partial charge in [0, 0.05) is 29.1 Å². The normalized spacial score (nSPS) is 11.5. The Morgan fingerprint density at radius 3 is 2.90 bits per heavy atom. The maximum Gasteiger partial charge on any atom is 0.241 e. The third kappa shape index (κ3) is 3.54. The number of aliphatic hydroxyl groups is 1. The number of sulfonamides is 1. The molecule has 0 aliphatic heterocycles. The van der Waals surface area contributed by atoms with Crippen LogP contribution in [0.2, 0.25) is 0 Å². The molecule has 0 aliphatic rings. The van der Waals surface area contributed by atoms with E-state index in [1.165, 1.54) is 29.9 Å². The molecule has 0 amide bonds. The zero-order valence-electron chi connectivity index (χ0n) is 10.7. The van der Waals surface area contributed by atoms with Crippen LogP contribution in [-0.4, -0.2) is 25.6 Å². The fourth-order valence-electron chi connectivity index (χ4n) is 1.52. The van der Waals surface area contributed by atoms with Gasteiger partial charge >= 0.3 is 0 Å². The van der Waals surface area contributed by atoms with E-state index in [4.69, 9.17) is 9.84 Å². The van der Waals surface area contributed by atoms with Gasteiger partial charge in [-0.25, -0.2) is 18.1 Å². The van der Waals surface area contributed by atoms with E-state index in [0.29, 0.717) is 10.8 Å². The Morgan fingerprint density at radius 1 is 1.45 bits per heavy atom. The van der Waals surface area contributed by atoms with Crippen LogP contribution in [0.25, 0.3) is 0 Å². The van der Waals surface area contributed by atoms with Crippen molar-refractivity contribution in [2.75, 3.05) is 7.11 Å². The lowest BCUT2D eigenvalue weighted by Crippen LogP contribution is -2.22. The average Bonchev–Trinajstić information content (AvgIpc) is 2.95. The van der Waals surface area contributed by atoms with E-state index >= 15 is 0 Å². The van der Waals surface area contributed by atoms with Gasteiger partial charge in [-0.05, 0) is 17.7 Å². The van der Waals surface area contributed by atoms with Gasteiger partial charge in [-0.2, -0.15) is 0 Å². The van der Waals surface area contributed by atoms with Crippen molar-refractivity contribution in [1.82, 2.24) is 9.71 Å². The molecule has 0 radical (unpaired) electrons. The number of nitrogens with one attached hydrogen (secondary N) is 1. The molecular formula is C12H14N2O4S2. The molecule has 6 nitrogen and oxygen atoms in total. The number of rotatable bonds is 6. The third-order valence-corrected chi connectivity index (χ3v) is 5.02. The SMILES string of the molecule is COc1cc(CNS(=O)(=O)c2csc(CO)c2)ccn1. The van der Waals surface area contributed by atoms with Crippen LogP contribution in [0, 0.1) is 0 Å². The molecule has 108 valence electrons. The zero-order valence-corrected chi connectivity index (χ0v) is 12.4. The number of pyridine rings is 1. The van der Waals surface area contributed by atoms with E-state index in [1.807, 2.05) is 0 Å². The number of aliphatic hydroxyl groups excluding tert-OH is 1. The minimum absolute atomic E-state index is 0.144. The predicted octanol–water partition coefficient (Wildman–Crippen LogP) is 1.12. The summed E-state index contributed by atoms with van der Waals surface area (Å²) in [6.45, 7) is -0.0206. The van der Waals surface area contributed by atoms with Crippen molar-refractivity contribution in [3.8, 4) is 5.88 Å². The summed E-state index contributed by atoms with van der Waals surface area (Å²) in [4.78, 5) is 4.72. The number of methoxy groups -OCH3 is 1. The minimum atomic E-state index is -3.58. The van der Waals surface area contributed by atoms with Crippen molar-refractivity contribution < 1.29 is 18.3 Å². The molecule has 0 aliphatic carbocycles. The van der Waals surface area contributed by atoms with Gasteiger partial charge in [0.15, 0.2) is 0 Å². The van der Waals surface area contributed by atoms with Gasteiger partial charge < -0.3 is 9.84 Å². The highest BCUT2D eigenvalue weighted by atomic mass is 32.2. The molecule has 8 heteroatoms. The summed E-state index contributed by atoms with van der Waals surface area (Å²) >= 11 is 1.20. The van der Waals surface area contributed by atoms with E-state index in [1.54, 1.807) is 18.3 Å². The fourth-order valence-corrected chi connectivity index (χ4v) is 3.67. The molecule has 2 rings (SSSR count). The van der Waals surface area contributed by atoms with Gasteiger partial charge in [0.1, 0.15) is 0 Å². The van der Waals surface area contributed by atoms with Crippen molar-refractivity contribution >= 4 is 21.4 Å². The van der Waals surface area contributed by atoms with Gasteiger partial charge in [0.2, 0.25) is 15.9 Å². The molecule has 2 aromatic rings. The monoisotopic (exact) mass is 314 g/mol. The highest BCUT2D eigenvalue weighted by Crippen LogP contribution is 2.19. The maximum atomic E-state index is 12.1. The van der Waals surface area contributed by atoms with Gasteiger partial charge in [-0.1, -0.05) is 0 Å². The summed E-state index contributed by atoms with van der Waals surface area (Å²) in [6, 6.07) is 4.83. The van der Waals surface area contributed by atoms with Gasteiger partial charge in [0.05, 0.1) is 18.6 Å². The molecule has 0 aromatic carbocycles. The standard InChI is InChI=1S/C12H14N2O4S2/c1-18-12-4-9(2-3-13-12)6-14-20(16,17)11-5-10(7-15)19-8-11/h2-5,8,14-15H,6-7H2,1H3. The molecular weight excluding hydrogens is 300 g/mol. The molecule has 0 bridgehead atoms. The molecule has 2 aromatic heterocycles. The number of hydrogen-bond donors (Lipinski definition) is 2. The van der Waals surface area contributed by atoms with Crippen molar-refractivity contribution in [3.63, 3.8) is 0 Å². The first kappa shape index (κ1) is 14.9. The fraction of sp³-hybridized carbons (Fsp3) is 0.250. The van der Waals surface area contributed by atoms with Crippen LogP contribution >= 0.6 is 11.3 Å². The lowest BCUT2D eigenvalue weighted by atomic mass is 10.3. The van der Waals surface area contributed by atoms with Crippen LogP contribution in [0.5, 0.6) is 5.88 Å². The second kappa shape index (κ2) is 6.31. The van der Waals surface area contributed by atoms with Crippen LogP contribution < -0.4 is 9.46 Å². The lowest BCUT2D eigenvalue weighted by molar-refractivity contribution is 0.285. The van der Waals surface area contributed by atoms with Gasteiger partial charge in [-0.3, -0.25) is 0 Å². The Bertz CT molecular complexity index is 682. The quantitative estimate of drug-likeness (QED) is 0.834. The van der Waals surface area contributed by atoms with Crippen molar-refractivity contribution in [2.24, 2.45) is 0 Å². The lowest BCUT2D eigenvalue weighted by Gasteiger charge is -2.06. The van der Waals surface area contributed by atoms with Crippen molar-refractivity contribution in [1.29, 1.82) is 0 Å². The first-order valence-electron chi connectivity index (χ1n) is 5.72. The maximum absolute atomic E-state index is 12.1. The van der Waals surface area contributed by atoms with Crippen LogP contribution in [-0.2, 0) is 23.2 Å². The predicted molar refractivity (Wildman–Crippen MR) is 75.1 cm³/mol. The summed E-state index contributed by atoms with van der Waals surface area (Å²) in [6.07, 6.45) is 1.55. The summed E-state index contributed by atoms with van der Waals surface area (Å²) in [5, 5.41) is 10.5. The molecule has 0 atom stereocenters. The van der Waals surface area contributed by atoms with E-state index in [2.05, 4.69) is 9.71 Å². The molecule has 0 unspecified atom stereocenters. The Hall–Kier alpha value is -1.48. The van der Waals surface area contributed by atoms with Crippen LogP contribution in [0.3, 0.4) is 0 Å². The second-order valence-electron chi connectivity index (χ2n) is 3.94. The minimum Gasteiger partial charge on any atom is -0.481 e. The second-order valence-corrected chi connectivity index (χ2v) is 6.70. The van der Waals surface area contributed by atoms with Crippen LogP contribution in [0.15, 0.2) is 34.7 Å². The molecule has 0 fully saturated rings. The summed E-state index contributed by atoms with van der Waals surface area (Å²) in [7, 11) is -2.08. The first-order chi connectivity index (χ1) is 9.55. The topological polar surface area (TPSA) is 88.5 Å². The molecule has 20 heavy (non-hydrogen) atoms. The smallest absolute Gasteiger partial charge is 0.241 e. The Morgan fingerprint density at radius 2 is 2.25 bits per heavy atom.